The largest absolute Gasteiger partial charge is 0.431 e. The molecule has 1 spiro atoms. The van der Waals surface area contributed by atoms with E-state index in [-0.39, 0.29) is 17.9 Å². The Hall–Kier alpha value is -1.58. The Balaban J connectivity index is 1.33. The quantitative estimate of drug-likeness (QED) is 0.630. The summed E-state index contributed by atoms with van der Waals surface area (Å²) in [6.45, 7) is 3.82. The number of hydrogen-bond donors (Lipinski definition) is 2. The van der Waals surface area contributed by atoms with Crippen LogP contribution in [0, 0.1) is 22.7 Å². The van der Waals surface area contributed by atoms with Gasteiger partial charge in [-0.3, -0.25) is 0 Å². The van der Waals surface area contributed by atoms with Crippen LogP contribution in [0.3, 0.4) is 0 Å². The van der Waals surface area contributed by atoms with Crippen molar-refractivity contribution in [2.24, 2.45) is 22.7 Å². The van der Waals surface area contributed by atoms with Gasteiger partial charge < -0.3 is 33.6 Å². The minimum atomic E-state index is -1.16. The second kappa shape index (κ2) is 6.40. The van der Waals surface area contributed by atoms with Crippen molar-refractivity contribution in [2.45, 2.75) is 100 Å². The van der Waals surface area contributed by atoms with Gasteiger partial charge in [-0.25, -0.2) is 4.79 Å². The second-order valence-electron chi connectivity index (χ2n) is 12.1. The third-order valence-corrected chi connectivity index (χ3v) is 10.9. The van der Waals surface area contributed by atoms with Crippen molar-refractivity contribution < 1.29 is 33.6 Å². The topological polar surface area (TPSA) is 115 Å². The van der Waals surface area contributed by atoms with Crippen LogP contribution in [0.5, 0.6) is 0 Å². The van der Waals surface area contributed by atoms with Gasteiger partial charge in [0.2, 0.25) is 0 Å². The third kappa shape index (κ3) is 2.28. The molecule has 4 bridgehead atoms. The summed E-state index contributed by atoms with van der Waals surface area (Å²) in [5, 5.41) is 24.2. The molecule has 34 heavy (non-hydrogen) atoms. The van der Waals surface area contributed by atoms with Crippen LogP contribution in [0.1, 0.15) is 70.3 Å². The van der Waals surface area contributed by atoms with Gasteiger partial charge in [0.05, 0.1) is 41.2 Å². The minimum Gasteiger partial charge on any atom is -0.431 e. The molecule has 4 heterocycles. The number of carbonyl (C=O) groups is 1. The Bertz CT molecular complexity index is 1100. The molecule has 4 aliphatic carbocycles. The molecule has 0 amide bonds. The molecule has 7 aliphatic rings. The highest BCUT2D eigenvalue weighted by atomic mass is 16.9. The summed E-state index contributed by atoms with van der Waals surface area (Å²) in [5.74, 6) is -1.95. The third-order valence-electron chi connectivity index (χ3n) is 10.9. The second-order valence-corrected chi connectivity index (χ2v) is 12.1. The summed E-state index contributed by atoms with van der Waals surface area (Å²) in [6, 6.07) is 3.19. The van der Waals surface area contributed by atoms with E-state index in [1.165, 1.54) is 12.3 Å². The Labute approximate surface area is 197 Å². The average Bonchev–Trinajstić information content (AvgIpc) is 3.04. The lowest BCUT2D eigenvalue weighted by atomic mass is 9.40. The van der Waals surface area contributed by atoms with E-state index in [0.717, 1.165) is 18.3 Å². The number of carbonyl (C=O) groups excluding carboxylic acids is 1. The first kappa shape index (κ1) is 21.7. The fourth-order valence-electron chi connectivity index (χ4n) is 9.75. The van der Waals surface area contributed by atoms with Crippen LogP contribution in [0.2, 0.25) is 0 Å². The molecule has 8 heteroatoms. The number of aliphatic hydroxyl groups excluding tert-OH is 1. The van der Waals surface area contributed by atoms with Crippen molar-refractivity contribution in [3.63, 3.8) is 0 Å². The predicted molar refractivity (Wildman–Crippen MR) is 117 cm³/mol. The molecule has 11 atom stereocenters. The van der Waals surface area contributed by atoms with E-state index in [0.29, 0.717) is 38.5 Å². The summed E-state index contributed by atoms with van der Waals surface area (Å²) in [6.07, 6.45) is 5.38. The van der Waals surface area contributed by atoms with Gasteiger partial charge in [-0.2, -0.15) is 0 Å². The van der Waals surface area contributed by atoms with E-state index in [2.05, 4.69) is 0 Å². The maximum absolute atomic E-state index is 13.1. The lowest BCUT2D eigenvalue weighted by Crippen LogP contribution is -2.82. The number of aldehydes is 1. The van der Waals surface area contributed by atoms with Crippen molar-refractivity contribution >= 4 is 6.29 Å². The lowest BCUT2D eigenvalue weighted by molar-refractivity contribution is -0.543. The number of rotatable bonds is 2. The molecule has 7 fully saturated rings. The van der Waals surface area contributed by atoms with Gasteiger partial charge in [0.1, 0.15) is 6.29 Å². The van der Waals surface area contributed by atoms with E-state index in [4.69, 9.17) is 18.6 Å². The van der Waals surface area contributed by atoms with E-state index >= 15 is 0 Å². The fraction of sp³-hybridized carbons (Fsp3) is 0.769. The average molecular weight is 473 g/mol. The molecular weight excluding hydrogens is 440 g/mol. The number of hydrogen-bond acceptors (Lipinski definition) is 8. The molecule has 1 aromatic heterocycles. The van der Waals surface area contributed by atoms with Crippen LogP contribution in [0.15, 0.2) is 27.6 Å². The predicted octanol–water partition coefficient (Wildman–Crippen LogP) is 2.25. The molecule has 184 valence electrons. The minimum absolute atomic E-state index is 0.0280. The van der Waals surface area contributed by atoms with E-state index < -0.39 is 51.8 Å². The van der Waals surface area contributed by atoms with E-state index in [1.807, 2.05) is 6.92 Å². The Morgan fingerprint density at radius 3 is 2.65 bits per heavy atom. The first-order chi connectivity index (χ1) is 16.1. The zero-order valence-electron chi connectivity index (χ0n) is 19.6. The molecule has 8 rings (SSSR count). The number of ether oxygens (including phenoxy) is 3. The first-order valence-corrected chi connectivity index (χ1v) is 12.6. The van der Waals surface area contributed by atoms with Gasteiger partial charge in [-0.05, 0) is 55.6 Å². The smallest absolute Gasteiger partial charge is 0.335 e. The molecule has 0 radical (unpaired) electrons. The van der Waals surface area contributed by atoms with Crippen LogP contribution in [0.25, 0.3) is 0 Å². The molecule has 3 aliphatic heterocycles. The van der Waals surface area contributed by atoms with Crippen LogP contribution < -0.4 is 5.63 Å². The standard InChI is InChI=1S/C26H32O8/c1-22-11-18(28)21-17(26(22,30)8-6-16(22)14-3-4-20(29)31-12-14)5-7-24-10-15-9-19(25(21,24)13-27)33-23(2,32-15)34-24/h3-4,12-13,15-19,21,28,30H,5-11H2,1-2H3/t15-,16+,17+,18+,19+,21+,22+,23+,24-,25+,26-/m0/s1. The molecule has 0 aromatic carbocycles. The first-order valence-electron chi connectivity index (χ1n) is 12.6. The van der Waals surface area contributed by atoms with Crippen LogP contribution >= 0.6 is 0 Å². The van der Waals surface area contributed by atoms with Crippen molar-refractivity contribution in [3.8, 4) is 0 Å². The molecular formula is C26H32O8. The summed E-state index contributed by atoms with van der Waals surface area (Å²) in [7, 11) is 0. The summed E-state index contributed by atoms with van der Waals surface area (Å²) >= 11 is 0. The van der Waals surface area contributed by atoms with Crippen molar-refractivity contribution in [2.75, 3.05) is 0 Å². The highest BCUT2D eigenvalue weighted by molar-refractivity contribution is 5.66. The van der Waals surface area contributed by atoms with Gasteiger partial charge in [0.15, 0.2) is 0 Å². The fourth-order valence-corrected chi connectivity index (χ4v) is 9.75. The van der Waals surface area contributed by atoms with Crippen LogP contribution in [-0.4, -0.2) is 52.0 Å². The molecule has 1 aromatic rings. The molecule has 4 saturated carbocycles. The Morgan fingerprint density at radius 1 is 1.12 bits per heavy atom. The molecule has 8 nitrogen and oxygen atoms in total. The number of fused-ring (bicyclic) bond motifs is 3. The molecule has 0 unspecified atom stereocenters. The van der Waals surface area contributed by atoms with Crippen molar-refractivity contribution in [3.05, 3.63) is 34.4 Å². The van der Waals surface area contributed by atoms with Gasteiger partial charge in [0.25, 0.3) is 5.97 Å². The van der Waals surface area contributed by atoms with Gasteiger partial charge >= 0.3 is 5.63 Å². The van der Waals surface area contributed by atoms with E-state index in [9.17, 15) is 19.8 Å². The Morgan fingerprint density at radius 2 is 1.94 bits per heavy atom. The lowest BCUT2D eigenvalue weighted by Gasteiger charge is -2.73. The highest BCUT2D eigenvalue weighted by Gasteiger charge is 2.80. The van der Waals surface area contributed by atoms with Crippen molar-refractivity contribution in [1.29, 1.82) is 0 Å². The highest BCUT2D eigenvalue weighted by Crippen LogP contribution is 2.74. The monoisotopic (exact) mass is 472 g/mol. The summed E-state index contributed by atoms with van der Waals surface area (Å²) in [4.78, 5) is 24.6. The zero-order chi connectivity index (χ0) is 23.7. The van der Waals surface area contributed by atoms with Gasteiger partial charge in [0, 0.05) is 37.2 Å². The van der Waals surface area contributed by atoms with Gasteiger partial charge in [-0.1, -0.05) is 6.92 Å². The number of aliphatic hydroxyl groups is 2. The maximum atomic E-state index is 13.1. The van der Waals surface area contributed by atoms with Crippen molar-refractivity contribution in [1.82, 2.24) is 0 Å². The normalized spacial score (nSPS) is 57.1. The van der Waals surface area contributed by atoms with E-state index in [1.54, 1.807) is 13.0 Å². The summed E-state index contributed by atoms with van der Waals surface area (Å²) in [5.41, 5.74) is -3.00. The molecule has 3 saturated heterocycles. The molecule has 2 N–H and O–H groups in total. The van der Waals surface area contributed by atoms with Crippen LogP contribution in [-0.2, 0) is 19.0 Å². The van der Waals surface area contributed by atoms with Crippen LogP contribution in [0.4, 0.5) is 0 Å². The summed E-state index contributed by atoms with van der Waals surface area (Å²) < 4.78 is 23.8. The maximum Gasteiger partial charge on any atom is 0.335 e. The zero-order valence-corrected chi connectivity index (χ0v) is 19.6. The Kier molecular flexibility index (Phi) is 4.08. The SMILES string of the molecule is C[C@@]12O[C@H]3C[C@@H](O1)[C@]1(C=O)[C@H]4[C@H](O)C[C@]5(C)[C@@H](c6ccc(=O)oc6)CC[C@]5(O)[C@@H]4CC[C@@]1(C3)O2. The van der Waals surface area contributed by atoms with Gasteiger partial charge in [-0.15, -0.1) is 0 Å².